The fraction of sp³-hybridized carbons (Fsp3) is 0.625. The van der Waals surface area contributed by atoms with E-state index < -0.39 is 17.7 Å². The molecule has 1 unspecified atom stereocenters. The minimum absolute atomic E-state index is 0.0841. The summed E-state index contributed by atoms with van der Waals surface area (Å²) < 4.78 is 4.97. The first-order chi connectivity index (χ1) is 7.42. The van der Waals surface area contributed by atoms with Gasteiger partial charge in [0.1, 0.15) is 11.9 Å². The lowest BCUT2D eigenvalue weighted by Gasteiger charge is -2.20. The molecule has 0 spiro atoms. The number of nitrogens with zero attached hydrogens (tertiary/aromatic N) is 3. The largest absolute Gasteiger partial charge is 0.444 e. The Morgan fingerprint density at radius 2 is 2.25 bits per heavy atom. The Morgan fingerprint density at radius 3 is 2.69 bits per heavy atom. The van der Waals surface area contributed by atoms with Crippen molar-refractivity contribution in [2.24, 2.45) is 0 Å². The Morgan fingerprint density at radius 1 is 1.56 bits per heavy atom. The first kappa shape index (κ1) is 12.1. The molecule has 16 heavy (non-hydrogen) atoms. The van der Waals surface area contributed by atoms with Crippen molar-refractivity contribution in [3.05, 3.63) is 5.82 Å². The average molecular weight is 227 g/mol. The van der Waals surface area contributed by atoms with E-state index in [0.717, 1.165) is 0 Å². The second-order valence-electron chi connectivity index (χ2n) is 4.03. The lowest BCUT2D eigenvalue weighted by molar-refractivity contribution is -0.109. The van der Waals surface area contributed by atoms with Gasteiger partial charge in [0.05, 0.1) is 0 Å². The van der Waals surface area contributed by atoms with E-state index in [1.165, 1.54) is 0 Å². The van der Waals surface area contributed by atoms with Gasteiger partial charge in [0, 0.05) is 0 Å². The third-order valence-corrected chi connectivity index (χ3v) is 1.45. The minimum atomic E-state index is -0.964. The second kappa shape index (κ2) is 4.69. The molecule has 0 aliphatic carbocycles. The van der Waals surface area contributed by atoms with Gasteiger partial charge < -0.3 is 14.8 Å². The number of hydrogen-bond acceptors (Lipinski definition) is 6. The van der Waals surface area contributed by atoms with E-state index in [9.17, 15) is 9.59 Å². The molecule has 0 aliphatic heterocycles. The predicted octanol–water partition coefficient (Wildman–Crippen LogP) is -0.0356. The van der Waals surface area contributed by atoms with Gasteiger partial charge in [-0.25, -0.2) is 4.79 Å². The smallest absolute Gasteiger partial charge is 0.408 e. The van der Waals surface area contributed by atoms with Gasteiger partial charge in [0.15, 0.2) is 6.04 Å². The summed E-state index contributed by atoms with van der Waals surface area (Å²) in [4.78, 5) is 22.1. The van der Waals surface area contributed by atoms with Crippen molar-refractivity contribution in [3.63, 3.8) is 0 Å². The molecule has 1 rings (SSSR count). The van der Waals surface area contributed by atoms with Gasteiger partial charge in [0.2, 0.25) is 5.82 Å². The third kappa shape index (κ3) is 3.64. The van der Waals surface area contributed by atoms with Crippen LogP contribution in [-0.4, -0.2) is 38.6 Å². The molecule has 1 aromatic heterocycles. The van der Waals surface area contributed by atoms with Gasteiger partial charge in [-0.05, 0) is 20.8 Å². The number of carbonyl (C=O) groups is 2. The number of carbonyl (C=O) groups excluding carboxylic acids is 2. The van der Waals surface area contributed by atoms with E-state index in [1.54, 1.807) is 20.8 Å². The number of aromatic amines is 1. The Balaban J connectivity index is 2.58. The SMILES string of the molecule is CC(C)(C)OC(=O)NC(C=O)c1nn[nH]n1. The summed E-state index contributed by atoms with van der Waals surface area (Å²) in [6.45, 7) is 5.16. The number of tetrazole rings is 1. The molecule has 8 heteroatoms. The molecule has 1 amide bonds. The fourth-order valence-electron chi connectivity index (χ4n) is 0.895. The standard InChI is InChI=1S/C8H13N5O3/c1-8(2,3)16-7(15)9-5(4-14)6-10-12-13-11-6/h4-5H,1-3H3,(H,9,15)(H,10,11,12,13). The zero-order valence-electron chi connectivity index (χ0n) is 9.22. The van der Waals surface area contributed by atoms with Gasteiger partial charge in [-0.3, -0.25) is 0 Å². The van der Waals surface area contributed by atoms with Crippen LogP contribution in [0, 0.1) is 0 Å². The maximum atomic E-state index is 11.3. The van der Waals surface area contributed by atoms with Crippen LogP contribution in [0.1, 0.15) is 32.6 Å². The number of aldehydes is 1. The van der Waals surface area contributed by atoms with E-state index in [0.29, 0.717) is 6.29 Å². The van der Waals surface area contributed by atoms with Crippen LogP contribution < -0.4 is 5.32 Å². The number of aromatic nitrogens is 4. The quantitative estimate of drug-likeness (QED) is 0.701. The van der Waals surface area contributed by atoms with Crippen LogP contribution in [0.2, 0.25) is 0 Å². The van der Waals surface area contributed by atoms with Crippen LogP contribution in [0.4, 0.5) is 4.79 Å². The number of alkyl carbamates (subject to hydrolysis) is 1. The van der Waals surface area contributed by atoms with Crippen molar-refractivity contribution in [2.45, 2.75) is 32.4 Å². The van der Waals surface area contributed by atoms with Crippen LogP contribution in [0.15, 0.2) is 0 Å². The number of ether oxygens (including phenoxy) is 1. The summed E-state index contributed by atoms with van der Waals surface area (Å²) in [5.74, 6) is 0.0841. The molecule has 0 saturated heterocycles. The van der Waals surface area contributed by atoms with Crippen LogP contribution in [0.25, 0.3) is 0 Å². The summed E-state index contributed by atoms with van der Waals surface area (Å²) in [6, 6.07) is -0.964. The van der Waals surface area contributed by atoms with Gasteiger partial charge in [-0.15, -0.1) is 10.2 Å². The van der Waals surface area contributed by atoms with E-state index >= 15 is 0 Å². The Hall–Kier alpha value is -1.99. The van der Waals surface area contributed by atoms with Gasteiger partial charge in [0.25, 0.3) is 0 Å². The molecule has 1 atom stereocenters. The zero-order valence-corrected chi connectivity index (χ0v) is 9.22. The van der Waals surface area contributed by atoms with Crippen LogP contribution in [-0.2, 0) is 9.53 Å². The first-order valence-corrected chi connectivity index (χ1v) is 4.60. The normalized spacial score (nSPS) is 12.9. The van der Waals surface area contributed by atoms with Crippen molar-refractivity contribution >= 4 is 12.4 Å². The third-order valence-electron chi connectivity index (χ3n) is 1.45. The predicted molar refractivity (Wildman–Crippen MR) is 52.4 cm³/mol. The van der Waals surface area contributed by atoms with Crippen molar-refractivity contribution in [1.29, 1.82) is 0 Å². The fourth-order valence-corrected chi connectivity index (χ4v) is 0.895. The summed E-state index contributed by atoms with van der Waals surface area (Å²) in [7, 11) is 0. The molecule has 0 fully saturated rings. The average Bonchev–Trinajstić information content (AvgIpc) is 2.63. The summed E-state index contributed by atoms with van der Waals surface area (Å²) >= 11 is 0. The van der Waals surface area contributed by atoms with Crippen LogP contribution >= 0.6 is 0 Å². The molecule has 0 aromatic carbocycles. The van der Waals surface area contributed by atoms with E-state index in [1.807, 2.05) is 0 Å². The highest BCUT2D eigenvalue weighted by atomic mass is 16.6. The number of H-pyrrole nitrogens is 1. The molecule has 8 nitrogen and oxygen atoms in total. The van der Waals surface area contributed by atoms with Crippen molar-refractivity contribution in [3.8, 4) is 0 Å². The molecule has 2 N–H and O–H groups in total. The zero-order chi connectivity index (χ0) is 12.2. The number of nitrogens with one attached hydrogen (secondary N) is 2. The highest BCUT2D eigenvalue weighted by molar-refractivity contribution is 5.73. The van der Waals surface area contributed by atoms with Gasteiger partial charge in [-0.1, -0.05) is 5.21 Å². The first-order valence-electron chi connectivity index (χ1n) is 4.60. The molecule has 0 bridgehead atoms. The van der Waals surface area contributed by atoms with Gasteiger partial charge in [-0.2, -0.15) is 5.21 Å². The molecule has 1 aromatic rings. The minimum Gasteiger partial charge on any atom is -0.444 e. The summed E-state index contributed by atoms with van der Waals surface area (Å²) in [5.41, 5.74) is -0.630. The molecule has 1 heterocycles. The monoisotopic (exact) mass is 227 g/mol. The van der Waals surface area contributed by atoms with E-state index in [2.05, 4.69) is 25.9 Å². The van der Waals surface area contributed by atoms with E-state index in [-0.39, 0.29) is 5.82 Å². The van der Waals surface area contributed by atoms with Gasteiger partial charge >= 0.3 is 6.09 Å². The highest BCUT2D eigenvalue weighted by Gasteiger charge is 2.22. The van der Waals surface area contributed by atoms with Crippen LogP contribution in [0.5, 0.6) is 0 Å². The molecule has 0 radical (unpaired) electrons. The number of hydrogen-bond donors (Lipinski definition) is 2. The molecule has 88 valence electrons. The number of amides is 1. The summed E-state index contributed by atoms with van der Waals surface area (Å²) in [5, 5.41) is 15.0. The van der Waals surface area contributed by atoms with Crippen molar-refractivity contribution in [2.75, 3.05) is 0 Å². The Labute approximate surface area is 91.7 Å². The van der Waals surface area contributed by atoms with Crippen molar-refractivity contribution in [1.82, 2.24) is 25.9 Å². The lowest BCUT2D eigenvalue weighted by atomic mass is 10.2. The topological polar surface area (TPSA) is 110 Å². The molecular weight excluding hydrogens is 214 g/mol. The van der Waals surface area contributed by atoms with Crippen LogP contribution in [0.3, 0.4) is 0 Å². The lowest BCUT2D eigenvalue weighted by Crippen LogP contribution is -2.36. The Kier molecular flexibility index (Phi) is 3.54. The summed E-state index contributed by atoms with van der Waals surface area (Å²) in [6.07, 6.45) is -0.219. The highest BCUT2D eigenvalue weighted by Crippen LogP contribution is 2.08. The van der Waals surface area contributed by atoms with E-state index in [4.69, 9.17) is 4.74 Å². The maximum absolute atomic E-state index is 11.3. The number of rotatable bonds is 3. The molecular formula is C8H13N5O3. The maximum Gasteiger partial charge on any atom is 0.408 e. The Bertz CT molecular complexity index is 356. The molecule has 0 saturated carbocycles. The second-order valence-corrected chi connectivity index (χ2v) is 4.03. The van der Waals surface area contributed by atoms with Crippen molar-refractivity contribution < 1.29 is 14.3 Å². The molecule has 0 aliphatic rings.